The summed E-state index contributed by atoms with van der Waals surface area (Å²) < 4.78 is 29.2. The first-order valence-corrected chi connectivity index (χ1v) is 6.15. The highest BCUT2D eigenvalue weighted by atomic mass is 19.1. The van der Waals surface area contributed by atoms with E-state index in [0.717, 1.165) is 12.1 Å². The van der Waals surface area contributed by atoms with Crippen LogP contribution in [-0.4, -0.2) is 9.55 Å². The van der Waals surface area contributed by atoms with Crippen molar-refractivity contribution in [2.24, 2.45) is 0 Å². The van der Waals surface area contributed by atoms with E-state index in [-0.39, 0.29) is 17.2 Å². The number of aryl methyl sites for hydroxylation is 1. The molecule has 1 heterocycles. The Morgan fingerprint density at radius 1 is 1.19 bits per heavy atom. The summed E-state index contributed by atoms with van der Waals surface area (Å²) in [6, 6.07) is 8.90. The summed E-state index contributed by atoms with van der Waals surface area (Å²) in [4.78, 5) is 4.10. The minimum Gasteiger partial charge on any atom is -0.369 e. The fourth-order valence-electron chi connectivity index (χ4n) is 2.22. The van der Waals surface area contributed by atoms with Crippen molar-refractivity contribution in [1.82, 2.24) is 9.55 Å². The number of benzene rings is 2. The van der Waals surface area contributed by atoms with E-state index in [4.69, 9.17) is 11.0 Å². The van der Waals surface area contributed by atoms with Crippen LogP contribution in [0.5, 0.6) is 0 Å². The predicted octanol–water partition coefficient (Wildman–Crippen LogP) is 3.07. The molecule has 0 aliphatic heterocycles. The smallest absolute Gasteiger partial charge is 0.206 e. The van der Waals surface area contributed by atoms with Crippen LogP contribution in [-0.2, 0) is 0 Å². The van der Waals surface area contributed by atoms with E-state index in [0.29, 0.717) is 16.6 Å². The Morgan fingerprint density at radius 2 is 1.95 bits per heavy atom. The molecule has 3 aromatic rings. The fourth-order valence-corrected chi connectivity index (χ4v) is 2.22. The van der Waals surface area contributed by atoms with Crippen LogP contribution >= 0.6 is 0 Å². The minimum absolute atomic E-state index is 0.0299. The number of aromatic nitrogens is 2. The maximum absolute atomic E-state index is 14.1. The van der Waals surface area contributed by atoms with Gasteiger partial charge in [-0.1, -0.05) is 0 Å². The zero-order valence-corrected chi connectivity index (χ0v) is 11.1. The van der Waals surface area contributed by atoms with Crippen LogP contribution < -0.4 is 5.73 Å². The van der Waals surface area contributed by atoms with Crippen molar-refractivity contribution in [3.8, 4) is 11.8 Å². The van der Waals surface area contributed by atoms with Gasteiger partial charge >= 0.3 is 0 Å². The lowest BCUT2D eigenvalue weighted by molar-refractivity contribution is 0.587. The molecule has 0 aliphatic carbocycles. The van der Waals surface area contributed by atoms with E-state index >= 15 is 0 Å². The molecule has 6 heteroatoms. The lowest BCUT2D eigenvalue weighted by atomic mass is 10.2. The van der Waals surface area contributed by atoms with Gasteiger partial charge in [0, 0.05) is 6.07 Å². The second-order valence-electron chi connectivity index (χ2n) is 4.67. The van der Waals surface area contributed by atoms with Gasteiger partial charge in [0.1, 0.15) is 11.6 Å². The first-order valence-electron chi connectivity index (χ1n) is 6.15. The van der Waals surface area contributed by atoms with Gasteiger partial charge in [-0.2, -0.15) is 5.26 Å². The van der Waals surface area contributed by atoms with Crippen LogP contribution in [0.15, 0.2) is 30.3 Å². The third-order valence-electron chi connectivity index (χ3n) is 3.28. The monoisotopic (exact) mass is 284 g/mol. The maximum atomic E-state index is 14.1. The summed E-state index contributed by atoms with van der Waals surface area (Å²) in [6.45, 7) is 1.48. The molecule has 0 saturated carbocycles. The Kier molecular flexibility index (Phi) is 2.84. The zero-order valence-electron chi connectivity index (χ0n) is 11.1. The van der Waals surface area contributed by atoms with E-state index < -0.39 is 11.6 Å². The van der Waals surface area contributed by atoms with Crippen molar-refractivity contribution >= 4 is 17.0 Å². The van der Waals surface area contributed by atoms with Crippen molar-refractivity contribution < 1.29 is 8.78 Å². The van der Waals surface area contributed by atoms with Crippen molar-refractivity contribution in [3.05, 3.63) is 53.1 Å². The van der Waals surface area contributed by atoms with Crippen LogP contribution in [0.1, 0.15) is 11.1 Å². The number of nitriles is 1. The lowest BCUT2D eigenvalue weighted by Gasteiger charge is -2.09. The molecule has 3 rings (SSSR count). The summed E-state index contributed by atoms with van der Waals surface area (Å²) in [6.07, 6.45) is 0. The molecule has 4 nitrogen and oxygen atoms in total. The van der Waals surface area contributed by atoms with Gasteiger partial charge in [-0.15, -0.1) is 0 Å². The largest absolute Gasteiger partial charge is 0.369 e. The topological polar surface area (TPSA) is 67.6 Å². The molecule has 0 bridgehead atoms. The van der Waals surface area contributed by atoms with Crippen molar-refractivity contribution in [2.45, 2.75) is 6.92 Å². The number of nitrogens with zero attached hydrogens (tertiary/aromatic N) is 3. The van der Waals surface area contributed by atoms with Crippen molar-refractivity contribution in [2.75, 3.05) is 5.73 Å². The lowest BCUT2D eigenvalue weighted by Crippen LogP contribution is -2.04. The van der Waals surface area contributed by atoms with Gasteiger partial charge in [0.25, 0.3) is 0 Å². The Hall–Kier alpha value is -2.94. The van der Waals surface area contributed by atoms with Crippen LogP contribution in [0.4, 0.5) is 14.7 Å². The number of anilines is 1. The molecule has 0 spiro atoms. The molecule has 21 heavy (non-hydrogen) atoms. The van der Waals surface area contributed by atoms with E-state index in [1.807, 2.05) is 6.07 Å². The van der Waals surface area contributed by atoms with E-state index in [1.54, 1.807) is 12.1 Å². The fraction of sp³-hybridized carbons (Fsp3) is 0.0667. The summed E-state index contributed by atoms with van der Waals surface area (Å²) in [5, 5.41) is 8.96. The molecule has 2 aromatic carbocycles. The van der Waals surface area contributed by atoms with Gasteiger partial charge in [-0.05, 0) is 36.8 Å². The van der Waals surface area contributed by atoms with Crippen LogP contribution in [0.25, 0.3) is 16.7 Å². The van der Waals surface area contributed by atoms with Gasteiger partial charge in [0.05, 0.1) is 28.4 Å². The number of rotatable bonds is 1. The highest BCUT2D eigenvalue weighted by molar-refractivity contribution is 5.82. The standard InChI is InChI=1S/C15H10F2N4/c1-8-4-11(17)13(6-10(8)16)21-14-5-9(7-18)2-3-12(14)20-15(21)19/h2-6H,1H3,(H2,19,20). The van der Waals surface area contributed by atoms with Gasteiger partial charge in [-0.25, -0.2) is 13.8 Å². The predicted molar refractivity (Wildman–Crippen MR) is 74.9 cm³/mol. The zero-order chi connectivity index (χ0) is 15.1. The quantitative estimate of drug-likeness (QED) is 0.746. The molecular weight excluding hydrogens is 274 g/mol. The number of hydrogen-bond donors (Lipinski definition) is 1. The summed E-state index contributed by atoms with van der Waals surface area (Å²) in [7, 11) is 0. The Bertz CT molecular complexity index is 906. The molecule has 0 unspecified atom stereocenters. The Labute approximate surface area is 119 Å². The molecule has 104 valence electrons. The van der Waals surface area contributed by atoms with Crippen LogP contribution in [0, 0.1) is 29.9 Å². The second-order valence-corrected chi connectivity index (χ2v) is 4.67. The first-order chi connectivity index (χ1) is 10.0. The molecule has 0 saturated heterocycles. The van der Waals surface area contributed by atoms with E-state index in [9.17, 15) is 8.78 Å². The summed E-state index contributed by atoms with van der Waals surface area (Å²) >= 11 is 0. The molecule has 2 N–H and O–H groups in total. The maximum Gasteiger partial charge on any atom is 0.206 e. The molecule has 0 radical (unpaired) electrons. The van der Waals surface area contributed by atoms with Gasteiger partial charge in [0.15, 0.2) is 0 Å². The average Bonchev–Trinajstić information content (AvgIpc) is 2.78. The third-order valence-corrected chi connectivity index (χ3v) is 3.28. The van der Waals surface area contributed by atoms with Gasteiger partial charge < -0.3 is 5.73 Å². The molecule has 0 atom stereocenters. The molecule has 0 amide bonds. The number of imidazole rings is 1. The number of hydrogen-bond acceptors (Lipinski definition) is 3. The van der Waals surface area contributed by atoms with Gasteiger partial charge in [-0.3, -0.25) is 4.57 Å². The molecule has 1 aromatic heterocycles. The SMILES string of the molecule is Cc1cc(F)c(-n2c(N)nc3ccc(C#N)cc32)cc1F. The van der Waals surface area contributed by atoms with Crippen molar-refractivity contribution in [3.63, 3.8) is 0 Å². The highest BCUT2D eigenvalue weighted by Gasteiger charge is 2.16. The van der Waals surface area contributed by atoms with Crippen molar-refractivity contribution in [1.29, 1.82) is 5.26 Å². The first kappa shape index (κ1) is 13.1. The summed E-state index contributed by atoms with van der Waals surface area (Å²) in [5.74, 6) is -1.12. The third kappa shape index (κ3) is 1.99. The minimum atomic E-state index is -0.609. The second kappa shape index (κ2) is 4.56. The van der Waals surface area contributed by atoms with Gasteiger partial charge in [0.2, 0.25) is 5.95 Å². The van der Waals surface area contributed by atoms with E-state index in [1.165, 1.54) is 17.6 Å². The number of halogens is 2. The Morgan fingerprint density at radius 3 is 2.67 bits per heavy atom. The summed E-state index contributed by atoms with van der Waals surface area (Å²) in [5.41, 5.74) is 7.33. The molecule has 0 aliphatic rings. The van der Waals surface area contributed by atoms with E-state index in [2.05, 4.69) is 4.98 Å². The highest BCUT2D eigenvalue weighted by Crippen LogP contribution is 2.27. The molecule has 0 fully saturated rings. The van der Waals surface area contributed by atoms with Crippen LogP contribution in [0.2, 0.25) is 0 Å². The average molecular weight is 284 g/mol. The number of nitrogens with two attached hydrogens (primary N) is 1. The van der Waals surface area contributed by atoms with Crippen LogP contribution in [0.3, 0.4) is 0 Å². The number of fused-ring (bicyclic) bond motifs is 1. The molecular formula is C15H10F2N4. The number of nitrogen functional groups attached to an aromatic ring is 1. The Balaban J connectivity index is 2.37. The normalized spacial score (nSPS) is 10.8.